The Morgan fingerprint density at radius 3 is 2.62 bits per heavy atom. The molecule has 13 heavy (non-hydrogen) atoms. The number of hydrogen-bond acceptors (Lipinski definition) is 3. The van der Waals surface area contributed by atoms with Crippen LogP contribution in [0.5, 0.6) is 0 Å². The molecule has 0 spiro atoms. The van der Waals surface area contributed by atoms with Crippen molar-refractivity contribution in [2.45, 2.75) is 39.0 Å². The molecule has 0 heterocycles. The molecule has 0 aromatic carbocycles. The maximum Gasteiger partial charge on any atom is 0.0469 e. The van der Waals surface area contributed by atoms with Crippen LogP contribution in [-0.2, 0) is 4.74 Å². The predicted molar refractivity (Wildman–Crippen MR) is 56.0 cm³/mol. The predicted octanol–water partition coefficient (Wildman–Crippen LogP) is 1.95. The summed E-state index contributed by atoms with van der Waals surface area (Å²) in [5, 5.41) is 0. The number of allylic oxidation sites excluding steroid dienone is 1. The Hall–Kier alpha value is -0.540. The average Bonchev–Trinajstić information content (AvgIpc) is 2.16. The first-order chi connectivity index (χ1) is 6.31. The number of hydrogen-bond donors (Lipinski definition) is 2. The Bertz CT molecular complexity index is 126. The maximum absolute atomic E-state index is 5.42. The molecule has 0 unspecified atom stereocenters. The first kappa shape index (κ1) is 12.5. The zero-order valence-electron chi connectivity index (χ0n) is 8.64. The molecule has 3 heteroatoms. The number of rotatable bonds is 9. The van der Waals surface area contributed by atoms with Crippen molar-refractivity contribution in [1.29, 1.82) is 0 Å². The molecule has 0 rings (SSSR count). The van der Waals surface area contributed by atoms with Gasteiger partial charge in [-0.2, -0.15) is 0 Å². The normalized spacial score (nSPS) is 10.0. The SMILES string of the molecule is C=C(CCCOCCCCC)NN. The van der Waals surface area contributed by atoms with Crippen molar-refractivity contribution in [2.75, 3.05) is 13.2 Å². The van der Waals surface area contributed by atoms with Gasteiger partial charge in [0, 0.05) is 18.9 Å². The van der Waals surface area contributed by atoms with Crippen molar-refractivity contribution >= 4 is 0 Å². The molecular formula is C10H22N2O. The second kappa shape index (κ2) is 9.55. The van der Waals surface area contributed by atoms with E-state index in [2.05, 4.69) is 18.9 Å². The van der Waals surface area contributed by atoms with Crippen LogP contribution in [0.15, 0.2) is 12.3 Å². The minimum absolute atomic E-state index is 0.810. The van der Waals surface area contributed by atoms with Gasteiger partial charge in [0.1, 0.15) is 0 Å². The Balaban J connectivity index is 2.95. The maximum atomic E-state index is 5.42. The summed E-state index contributed by atoms with van der Waals surface area (Å²) in [6.07, 6.45) is 5.57. The summed E-state index contributed by atoms with van der Waals surface area (Å²) in [4.78, 5) is 0. The summed E-state index contributed by atoms with van der Waals surface area (Å²) in [7, 11) is 0. The molecule has 0 saturated carbocycles. The zero-order chi connectivity index (χ0) is 9.94. The fourth-order valence-electron chi connectivity index (χ4n) is 1.02. The summed E-state index contributed by atoms with van der Waals surface area (Å²) in [5.74, 6) is 5.16. The van der Waals surface area contributed by atoms with E-state index in [4.69, 9.17) is 10.6 Å². The molecule has 0 aromatic heterocycles. The van der Waals surface area contributed by atoms with Crippen LogP contribution in [0.4, 0.5) is 0 Å². The van der Waals surface area contributed by atoms with E-state index in [0.29, 0.717) is 0 Å². The van der Waals surface area contributed by atoms with E-state index in [9.17, 15) is 0 Å². The Kier molecular flexibility index (Phi) is 9.15. The van der Waals surface area contributed by atoms with Gasteiger partial charge in [0.05, 0.1) is 0 Å². The van der Waals surface area contributed by atoms with Crippen LogP contribution in [0.3, 0.4) is 0 Å². The van der Waals surface area contributed by atoms with Gasteiger partial charge in [0.2, 0.25) is 0 Å². The molecule has 0 atom stereocenters. The Morgan fingerprint density at radius 2 is 2.00 bits per heavy atom. The number of ether oxygens (including phenoxy) is 1. The molecule has 0 aliphatic carbocycles. The lowest BCUT2D eigenvalue weighted by molar-refractivity contribution is 0.128. The quantitative estimate of drug-likeness (QED) is 0.329. The van der Waals surface area contributed by atoms with Crippen molar-refractivity contribution in [2.24, 2.45) is 5.84 Å². The lowest BCUT2D eigenvalue weighted by Crippen LogP contribution is -2.20. The van der Waals surface area contributed by atoms with E-state index >= 15 is 0 Å². The Morgan fingerprint density at radius 1 is 1.31 bits per heavy atom. The van der Waals surface area contributed by atoms with Gasteiger partial charge in [0.25, 0.3) is 0 Å². The standard InChI is InChI=1S/C10H22N2O/c1-3-4-5-8-13-9-6-7-10(2)12-11/h12H,2-9,11H2,1H3. The summed E-state index contributed by atoms with van der Waals surface area (Å²) < 4.78 is 5.42. The van der Waals surface area contributed by atoms with Gasteiger partial charge in [0.15, 0.2) is 0 Å². The van der Waals surface area contributed by atoms with Crippen LogP contribution < -0.4 is 11.3 Å². The van der Waals surface area contributed by atoms with E-state index in [-0.39, 0.29) is 0 Å². The van der Waals surface area contributed by atoms with Gasteiger partial charge in [-0.25, -0.2) is 0 Å². The number of unbranched alkanes of at least 4 members (excludes halogenated alkanes) is 2. The number of nitrogens with two attached hydrogens (primary N) is 1. The number of nitrogens with one attached hydrogen (secondary N) is 1. The van der Waals surface area contributed by atoms with Crippen LogP contribution in [-0.4, -0.2) is 13.2 Å². The largest absolute Gasteiger partial charge is 0.381 e. The van der Waals surface area contributed by atoms with Crippen molar-refractivity contribution in [3.63, 3.8) is 0 Å². The molecule has 0 aliphatic heterocycles. The van der Waals surface area contributed by atoms with Crippen LogP contribution in [0, 0.1) is 0 Å². The van der Waals surface area contributed by atoms with E-state index < -0.39 is 0 Å². The molecule has 0 aromatic rings. The van der Waals surface area contributed by atoms with Crippen LogP contribution in [0.25, 0.3) is 0 Å². The van der Waals surface area contributed by atoms with Crippen molar-refractivity contribution in [1.82, 2.24) is 5.43 Å². The molecule has 3 nitrogen and oxygen atoms in total. The first-order valence-corrected chi connectivity index (χ1v) is 5.03. The Labute approximate surface area is 81.3 Å². The highest BCUT2D eigenvalue weighted by Crippen LogP contribution is 1.99. The molecule has 0 saturated heterocycles. The van der Waals surface area contributed by atoms with E-state index in [1.165, 1.54) is 19.3 Å². The summed E-state index contributed by atoms with van der Waals surface area (Å²) >= 11 is 0. The van der Waals surface area contributed by atoms with Gasteiger partial charge in [-0.1, -0.05) is 26.3 Å². The molecule has 78 valence electrons. The highest BCUT2D eigenvalue weighted by atomic mass is 16.5. The third-order valence-corrected chi connectivity index (χ3v) is 1.86. The number of hydrazine groups is 1. The van der Waals surface area contributed by atoms with Crippen molar-refractivity contribution in [3.05, 3.63) is 12.3 Å². The lowest BCUT2D eigenvalue weighted by atomic mass is 10.2. The highest BCUT2D eigenvalue weighted by molar-refractivity contribution is 4.87. The third kappa shape index (κ3) is 9.37. The molecule has 3 N–H and O–H groups in total. The van der Waals surface area contributed by atoms with Gasteiger partial charge in [-0.15, -0.1) is 0 Å². The summed E-state index contributed by atoms with van der Waals surface area (Å²) in [6.45, 7) is 7.62. The zero-order valence-corrected chi connectivity index (χ0v) is 8.64. The molecule has 0 aliphatic rings. The second-order valence-corrected chi connectivity index (χ2v) is 3.17. The first-order valence-electron chi connectivity index (χ1n) is 5.03. The second-order valence-electron chi connectivity index (χ2n) is 3.17. The minimum atomic E-state index is 0.810. The van der Waals surface area contributed by atoms with Crippen molar-refractivity contribution < 1.29 is 4.74 Å². The topological polar surface area (TPSA) is 47.3 Å². The van der Waals surface area contributed by atoms with Crippen LogP contribution in [0.2, 0.25) is 0 Å². The van der Waals surface area contributed by atoms with Crippen molar-refractivity contribution in [3.8, 4) is 0 Å². The molecular weight excluding hydrogens is 164 g/mol. The monoisotopic (exact) mass is 186 g/mol. The minimum Gasteiger partial charge on any atom is -0.381 e. The average molecular weight is 186 g/mol. The smallest absolute Gasteiger partial charge is 0.0469 e. The van der Waals surface area contributed by atoms with Crippen LogP contribution >= 0.6 is 0 Å². The summed E-state index contributed by atoms with van der Waals surface area (Å²) in [5.41, 5.74) is 3.40. The molecule has 0 amide bonds. The van der Waals surface area contributed by atoms with E-state index in [1.807, 2.05) is 0 Å². The van der Waals surface area contributed by atoms with E-state index in [1.54, 1.807) is 0 Å². The fraction of sp³-hybridized carbons (Fsp3) is 0.800. The highest BCUT2D eigenvalue weighted by Gasteiger charge is 1.92. The van der Waals surface area contributed by atoms with E-state index in [0.717, 1.165) is 31.8 Å². The molecule has 0 radical (unpaired) electrons. The summed E-state index contributed by atoms with van der Waals surface area (Å²) in [6, 6.07) is 0. The molecule has 0 bridgehead atoms. The molecule has 0 fully saturated rings. The van der Waals surface area contributed by atoms with Gasteiger partial charge >= 0.3 is 0 Å². The van der Waals surface area contributed by atoms with Gasteiger partial charge in [-0.3, -0.25) is 5.84 Å². The van der Waals surface area contributed by atoms with Crippen LogP contribution in [0.1, 0.15) is 39.0 Å². The fourth-order valence-corrected chi connectivity index (χ4v) is 1.02. The lowest BCUT2D eigenvalue weighted by Gasteiger charge is -2.05. The third-order valence-electron chi connectivity index (χ3n) is 1.86. The van der Waals surface area contributed by atoms with Gasteiger partial charge in [-0.05, 0) is 19.3 Å². The van der Waals surface area contributed by atoms with Gasteiger partial charge < -0.3 is 10.2 Å².